The van der Waals surface area contributed by atoms with Gasteiger partial charge in [0, 0.05) is 24.0 Å². The molecule has 0 aromatic carbocycles. The molecule has 17 heavy (non-hydrogen) atoms. The van der Waals surface area contributed by atoms with Crippen LogP contribution in [0.1, 0.15) is 45.4 Å². The van der Waals surface area contributed by atoms with E-state index in [0.29, 0.717) is 12.2 Å². The molecule has 0 heterocycles. The Morgan fingerprint density at radius 2 is 2.29 bits per heavy atom. The summed E-state index contributed by atoms with van der Waals surface area (Å²) in [6.45, 7) is 1.68. The largest absolute Gasteiger partial charge is 0.342 e. The zero-order valence-electron chi connectivity index (χ0n) is 10.8. The second-order valence-electron chi connectivity index (χ2n) is 5.17. The maximum absolute atomic E-state index is 11.2. The quantitative estimate of drug-likeness (QED) is 0.688. The van der Waals surface area contributed by atoms with Gasteiger partial charge in [-0.2, -0.15) is 0 Å². The number of Topliss-reactive ketones (excluding diaryl/α,β-unsaturated/α-hetero) is 1. The molecular formula is C15H21O2+. The van der Waals surface area contributed by atoms with Gasteiger partial charge in [0.2, 0.25) is 0 Å². The Hall–Kier alpha value is -1.18. The van der Waals surface area contributed by atoms with Crippen LogP contribution < -0.4 is 0 Å². The van der Waals surface area contributed by atoms with Gasteiger partial charge in [-0.25, -0.2) is 0 Å². The molecule has 0 amide bonds. The number of hydrogen-bond donors (Lipinski definition) is 0. The number of allylic oxidation sites excluding steroid dienone is 4. The zero-order valence-corrected chi connectivity index (χ0v) is 10.8. The van der Waals surface area contributed by atoms with Crippen molar-refractivity contribution in [1.29, 1.82) is 0 Å². The Kier molecular flexibility index (Phi) is 3.60. The van der Waals surface area contributed by atoms with E-state index < -0.39 is 0 Å². The van der Waals surface area contributed by atoms with Crippen molar-refractivity contribution in [2.75, 3.05) is 7.11 Å². The van der Waals surface area contributed by atoms with Crippen LogP contribution in [-0.4, -0.2) is 18.7 Å². The van der Waals surface area contributed by atoms with Gasteiger partial charge >= 0.3 is 5.78 Å². The predicted molar refractivity (Wildman–Crippen MR) is 69.0 cm³/mol. The smallest absolute Gasteiger partial charge is 0.300 e. The summed E-state index contributed by atoms with van der Waals surface area (Å²) in [6.07, 6.45) is 13.0. The van der Waals surface area contributed by atoms with E-state index in [1.165, 1.54) is 24.8 Å². The van der Waals surface area contributed by atoms with Gasteiger partial charge in [-0.05, 0) is 32.6 Å². The summed E-state index contributed by atoms with van der Waals surface area (Å²) < 4.78 is 5.30. The van der Waals surface area contributed by atoms with Crippen LogP contribution in [0.2, 0.25) is 0 Å². The Bertz CT molecular complexity index is 401. The maximum atomic E-state index is 11.2. The fourth-order valence-corrected chi connectivity index (χ4v) is 2.93. The fourth-order valence-electron chi connectivity index (χ4n) is 2.93. The first kappa shape index (κ1) is 12.3. The van der Waals surface area contributed by atoms with Gasteiger partial charge in [-0.3, -0.25) is 4.42 Å². The van der Waals surface area contributed by atoms with Crippen molar-refractivity contribution in [2.45, 2.75) is 45.4 Å². The lowest BCUT2D eigenvalue weighted by Gasteiger charge is -2.38. The first-order chi connectivity index (χ1) is 8.16. The molecule has 0 N–H and O–H groups in total. The van der Waals surface area contributed by atoms with Crippen molar-refractivity contribution in [3.05, 3.63) is 23.8 Å². The summed E-state index contributed by atoms with van der Waals surface area (Å²) in [4.78, 5) is 11.2. The monoisotopic (exact) mass is 233 g/mol. The van der Waals surface area contributed by atoms with Crippen molar-refractivity contribution in [3.8, 4) is 0 Å². The number of ketones is 2. The number of fused-ring (bicyclic) bond motifs is 1. The van der Waals surface area contributed by atoms with Gasteiger partial charge in [0.15, 0.2) is 0 Å². The Balaban J connectivity index is 2.23. The number of carbonyl (C=O) groups excluding carboxylic acids is 2. The molecule has 2 nitrogen and oxygen atoms in total. The molecule has 0 aromatic heterocycles. The summed E-state index contributed by atoms with van der Waals surface area (Å²) in [7, 11) is 1.71. The van der Waals surface area contributed by atoms with Crippen LogP contribution in [0.4, 0.5) is 0 Å². The minimum absolute atomic E-state index is 0.145. The van der Waals surface area contributed by atoms with E-state index in [1.807, 2.05) is 0 Å². The standard InChI is InChI=1S/C15H21O2/c1-12(16)6-9-15-8-4-3-5-13(15)11-14(17-2)7-10-15/h7,10-11H,3-6,8-9H2,1-2H3/q+1. The van der Waals surface area contributed by atoms with E-state index in [9.17, 15) is 4.79 Å². The van der Waals surface area contributed by atoms with Crippen LogP contribution in [0, 0.1) is 5.41 Å². The van der Waals surface area contributed by atoms with E-state index in [2.05, 4.69) is 18.2 Å². The third-order valence-electron chi connectivity index (χ3n) is 4.00. The second-order valence-corrected chi connectivity index (χ2v) is 5.17. The summed E-state index contributed by atoms with van der Waals surface area (Å²) in [5.41, 5.74) is 1.61. The lowest BCUT2D eigenvalue weighted by atomic mass is 9.65. The lowest BCUT2D eigenvalue weighted by Crippen LogP contribution is -2.28. The molecular weight excluding hydrogens is 212 g/mol. The normalized spacial score (nSPS) is 30.0. The average molecular weight is 233 g/mol. The van der Waals surface area contributed by atoms with Crippen molar-refractivity contribution in [3.63, 3.8) is 0 Å². The third-order valence-corrected chi connectivity index (χ3v) is 4.00. The van der Waals surface area contributed by atoms with Crippen LogP contribution in [0.3, 0.4) is 0 Å². The van der Waals surface area contributed by atoms with Gasteiger partial charge < -0.3 is 4.79 Å². The maximum Gasteiger partial charge on any atom is 0.342 e. The molecule has 0 radical (unpaired) electrons. The van der Waals surface area contributed by atoms with Gasteiger partial charge in [0.05, 0.1) is 0 Å². The third kappa shape index (κ3) is 2.56. The highest BCUT2D eigenvalue weighted by molar-refractivity contribution is 6.01. The summed E-state index contributed by atoms with van der Waals surface area (Å²) >= 11 is 0. The molecule has 2 aliphatic rings. The molecule has 1 saturated carbocycles. The minimum Gasteiger partial charge on any atom is -0.300 e. The molecule has 92 valence electrons. The molecule has 0 aliphatic heterocycles. The summed E-state index contributed by atoms with van der Waals surface area (Å²) in [5, 5.41) is 0. The molecule has 0 aromatic rings. The van der Waals surface area contributed by atoms with Crippen molar-refractivity contribution < 1.29 is 9.22 Å². The van der Waals surface area contributed by atoms with Crippen LogP contribution >= 0.6 is 0 Å². The van der Waals surface area contributed by atoms with E-state index in [0.717, 1.165) is 18.6 Å². The number of carbonyl (C=O) groups is 1. The molecule has 1 fully saturated rings. The summed E-state index contributed by atoms with van der Waals surface area (Å²) in [6, 6.07) is 0. The Morgan fingerprint density at radius 1 is 1.47 bits per heavy atom. The van der Waals surface area contributed by atoms with E-state index in [4.69, 9.17) is 4.42 Å². The number of rotatable bonds is 3. The Labute approximate surface area is 103 Å². The first-order valence-electron chi connectivity index (χ1n) is 6.47. The minimum atomic E-state index is 0.145. The van der Waals surface area contributed by atoms with Gasteiger partial charge in [-0.1, -0.05) is 18.1 Å². The van der Waals surface area contributed by atoms with E-state index in [-0.39, 0.29) is 5.41 Å². The molecule has 0 saturated heterocycles. The van der Waals surface area contributed by atoms with Crippen LogP contribution in [0.25, 0.3) is 0 Å². The molecule has 1 unspecified atom stereocenters. The summed E-state index contributed by atoms with van der Waals surface area (Å²) in [5.74, 6) is 1.24. The highest BCUT2D eigenvalue weighted by Gasteiger charge is 2.37. The molecule has 2 aliphatic carbocycles. The second kappa shape index (κ2) is 4.99. The first-order valence-corrected chi connectivity index (χ1v) is 6.47. The molecule has 0 spiro atoms. The predicted octanol–water partition coefficient (Wildman–Crippen LogP) is 3.15. The topological polar surface area (TPSA) is 28.4 Å². The highest BCUT2D eigenvalue weighted by atomic mass is 16.4. The van der Waals surface area contributed by atoms with Crippen molar-refractivity contribution in [1.82, 2.24) is 0 Å². The Morgan fingerprint density at radius 3 is 3.00 bits per heavy atom. The van der Waals surface area contributed by atoms with Gasteiger partial charge in [0.25, 0.3) is 7.11 Å². The van der Waals surface area contributed by atoms with Crippen LogP contribution in [0.15, 0.2) is 23.8 Å². The van der Waals surface area contributed by atoms with Crippen LogP contribution in [-0.2, 0) is 9.22 Å². The molecule has 1 atom stereocenters. The molecule has 2 heteroatoms. The SMILES string of the molecule is C[O+]=C1C=CC2(CCC(C)=O)CCCCC2=C1. The average Bonchev–Trinajstić information content (AvgIpc) is 2.36. The van der Waals surface area contributed by atoms with Crippen LogP contribution in [0.5, 0.6) is 0 Å². The van der Waals surface area contributed by atoms with E-state index in [1.54, 1.807) is 14.0 Å². The van der Waals surface area contributed by atoms with Gasteiger partial charge in [-0.15, -0.1) is 0 Å². The van der Waals surface area contributed by atoms with E-state index >= 15 is 0 Å². The zero-order chi connectivity index (χ0) is 12.3. The molecule has 2 rings (SSSR count). The fraction of sp³-hybridized carbons (Fsp3) is 0.600. The number of hydrogen-bond acceptors (Lipinski definition) is 1. The van der Waals surface area contributed by atoms with Crippen molar-refractivity contribution in [2.24, 2.45) is 5.41 Å². The molecule has 0 bridgehead atoms. The van der Waals surface area contributed by atoms with Crippen molar-refractivity contribution >= 4 is 11.6 Å². The van der Waals surface area contributed by atoms with Gasteiger partial charge in [0.1, 0.15) is 5.78 Å². The lowest BCUT2D eigenvalue weighted by molar-refractivity contribution is -0.417. The highest BCUT2D eigenvalue weighted by Crippen LogP contribution is 2.47.